The maximum absolute atomic E-state index is 11.5. The van der Waals surface area contributed by atoms with Crippen molar-refractivity contribution < 1.29 is 20.1 Å². The molecule has 3 aliphatic rings. The number of likely N-dealkylation sites (N-methyl/N-ethyl adjacent to an activating group) is 1. The van der Waals surface area contributed by atoms with Crippen LogP contribution in [0.2, 0.25) is 0 Å². The van der Waals surface area contributed by atoms with Gasteiger partial charge in [0.25, 0.3) is 0 Å². The van der Waals surface area contributed by atoms with Gasteiger partial charge in [-0.15, -0.1) is 0 Å². The molecule has 5 rings (SSSR count). The van der Waals surface area contributed by atoms with Gasteiger partial charge < -0.3 is 25.0 Å². The Labute approximate surface area is 184 Å². The summed E-state index contributed by atoms with van der Waals surface area (Å²) < 4.78 is 5.44. The van der Waals surface area contributed by atoms with E-state index >= 15 is 0 Å². The molecule has 5 nitrogen and oxygen atoms in total. The molecule has 0 amide bonds. The van der Waals surface area contributed by atoms with Gasteiger partial charge in [-0.25, -0.2) is 0 Å². The number of para-hydroxylation sites is 1. The van der Waals surface area contributed by atoms with Crippen molar-refractivity contribution in [2.24, 2.45) is 17.3 Å². The second-order valence-electron chi connectivity index (χ2n) is 10.0. The number of rotatable bonds is 3. The van der Waals surface area contributed by atoms with Crippen LogP contribution >= 0.6 is 0 Å². The highest BCUT2D eigenvalue weighted by Gasteiger charge is 2.58. The summed E-state index contributed by atoms with van der Waals surface area (Å²) in [6, 6.07) is 11.5. The predicted octanol–water partition coefficient (Wildman–Crippen LogP) is 4.44. The molecule has 3 N–H and O–H groups in total. The lowest BCUT2D eigenvalue weighted by Crippen LogP contribution is -2.47. The summed E-state index contributed by atoms with van der Waals surface area (Å²) in [5, 5.41) is 31.8. The van der Waals surface area contributed by atoms with Crippen molar-refractivity contribution in [3.63, 3.8) is 0 Å². The zero-order valence-corrected chi connectivity index (χ0v) is 18.6. The zero-order chi connectivity index (χ0) is 21.9. The summed E-state index contributed by atoms with van der Waals surface area (Å²) in [6.07, 6.45) is 4.73. The van der Waals surface area contributed by atoms with Crippen LogP contribution in [-0.4, -0.2) is 41.6 Å². The number of fused-ring (bicyclic) bond motifs is 5. The lowest BCUT2D eigenvalue weighted by molar-refractivity contribution is -0.0258. The zero-order valence-electron chi connectivity index (χ0n) is 18.6. The fraction of sp³-hybridized carbons (Fsp3) is 0.538. The Morgan fingerprint density at radius 1 is 1.13 bits per heavy atom. The number of phenolic OH excluding ortho intramolecular Hbond substituents is 2. The number of methoxy groups -OCH3 is 1. The highest BCUT2D eigenvalue weighted by atomic mass is 16.5. The molecule has 0 radical (unpaired) electrons. The Morgan fingerprint density at radius 3 is 2.71 bits per heavy atom. The summed E-state index contributed by atoms with van der Waals surface area (Å²) in [7, 11) is 3.64. The van der Waals surface area contributed by atoms with E-state index in [1.54, 1.807) is 19.2 Å². The van der Waals surface area contributed by atoms with Gasteiger partial charge >= 0.3 is 0 Å². The summed E-state index contributed by atoms with van der Waals surface area (Å²) in [6.45, 7) is 2.26. The first-order valence-electron chi connectivity index (χ1n) is 11.4. The number of ether oxygens (including phenoxy) is 1. The first-order chi connectivity index (χ1) is 14.8. The molecule has 0 unspecified atom stereocenters. The third kappa shape index (κ3) is 3.00. The van der Waals surface area contributed by atoms with Crippen molar-refractivity contribution in [3.05, 3.63) is 47.5 Å². The molecule has 0 heterocycles. The lowest BCUT2D eigenvalue weighted by Gasteiger charge is -2.50. The van der Waals surface area contributed by atoms with Crippen molar-refractivity contribution in [3.8, 4) is 17.2 Å². The van der Waals surface area contributed by atoms with Crippen LogP contribution in [0.4, 0.5) is 5.69 Å². The van der Waals surface area contributed by atoms with E-state index in [-0.39, 0.29) is 23.0 Å². The Morgan fingerprint density at radius 2 is 1.94 bits per heavy atom. The maximum atomic E-state index is 11.5. The first-order valence-corrected chi connectivity index (χ1v) is 11.4. The van der Waals surface area contributed by atoms with Crippen LogP contribution < -0.4 is 9.64 Å². The molecule has 2 aromatic carbocycles. The second-order valence-corrected chi connectivity index (χ2v) is 10.0. The number of hydrogen-bond acceptors (Lipinski definition) is 5. The smallest absolute Gasteiger partial charge is 0.181 e. The molecule has 2 aromatic rings. The first kappa shape index (κ1) is 20.5. The number of hydrogen-bond donors (Lipinski definition) is 3. The van der Waals surface area contributed by atoms with Gasteiger partial charge in [-0.05, 0) is 90.7 Å². The molecule has 0 aliphatic heterocycles. The molecule has 0 spiro atoms. The molecule has 166 valence electrons. The highest BCUT2D eigenvalue weighted by Crippen LogP contribution is 2.62. The predicted molar refractivity (Wildman–Crippen MR) is 121 cm³/mol. The van der Waals surface area contributed by atoms with E-state index in [1.165, 1.54) is 17.2 Å². The minimum absolute atomic E-state index is 0.0845. The van der Waals surface area contributed by atoms with Crippen LogP contribution in [0.15, 0.2) is 36.4 Å². The summed E-state index contributed by atoms with van der Waals surface area (Å²) in [5.41, 5.74) is 3.33. The molecule has 2 fully saturated rings. The SMILES string of the molecule is COc1ccc2c(c1)CC[C@@H]1[C@@H]2CC[C@]2(C)[C@@H](O)[C@H](N(C)c3cccc(O)c3O)C[C@@H]12. The van der Waals surface area contributed by atoms with Crippen molar-refractivity contribution in [2.45, 2.75) is 57.1 Å². The molecule has 0 bridgehead atoms. The van der Waals surface area contributed by atoms with Crippen LogP contribution in [-0.2, 0) is 6.42 Å². The van der Waals surface area contributed by atoms with Crippen LogP contribution in [0.25, 0.3) is 0 Å². The molecular weight excluding hydrogens is 390 g/mol. The molecule has 2 saturated carbocycles. The van der Waals surface area contributed by atoms with Crippen molar-refractivity contribution in [2.75, 3.05) is 19.1 Å². The summed E-state index contributed by atoms with van der Waals surface area (Å²) in [4.78, 5) is 1.97. The Hall–Kier alpha value is -2.40. The van der Waals surface area contributed by atoms with E-state index in [0.717, 1.165) is 37.9 Å². The minimum Gasteiger partial charge on any atom is -0.504 e. The van der Waals surface area contributed by atoms with Gasteiger partial charge in [0, 0.05) is 7.05 Å². The standard InChI is InChI=1S/C26H33NO4/c1-26-12-11-18-17-10-8-16(31-3)13-15(17)7-9-19(18)20(26)14-22(25(26)30)27(2)21-5-4-6-23(28)24(21)29/h4-6,8,10,13,18-20,22,25,28-30H,7,9,11-12,14H2,1-3H3/t18-,19-,20+,22-,25+,26+/m1/s1. The normalized spacial score (nSPS) is 33.9. The Kier molecular flexibility index (Phi) is 4.85. The summed E-state index contributed by atoms with van der Waals surface area (Å²) >= 11 is 0. The number of aromatic hydroxyl groups is 2. The monoisotopic (exact) mass is 423 g/mol. The van der Waals surface area contributed by atoms with E-state index in [4.69, 9.17) is 4.74 Å². The molecule has 31 heavy (non-hydrogen) atoms. The number of anilines is 1. The van der Waals surface area contributed by atoms with Crippen molar-refractivity contribution in [1.29, 1.82) is 0 Å². The van der Waals surface area contributed by atoms with Crippen molar-refractivity contribution in [1.82, 2.24) is 0 Å². The number of benzene rings is 2. The molecule has 5 heteroatoms. The van der Waals surface area contributed by atoms with Gasteiger partial charge in [0.1, 0.15) is 5.75 Å². The van der Waals surface area contributed by atoms with E-state index in [2.05, 4.69) is 25.1 Å². The quantitative estimate of drug-likeness (QED) is 0.637. The van der Waals surface area contributed by atoms with Gasteiger partial charge in [0.15, 0.2) is 11.5 Å². The van der Waals surface area contributed by atoms with Gasteiger partial charge in [0.2, 0.25) is 0 Å². The molecule has 6 atom stereocenters. The molecule has 3 aliphatic carbocycles. The molecular formula is C26H33NO4. The van der Waals surface area contributed by atoms with Crippen LogP contribution in [0.5, 0.6) is 17.2 Å². The minimum atomic E-state index is -0.470. The lowest BCUT2D eigenvalue weighted by atomic mass is 9.55. The number of aliphatic hydroxyl groups excluding tert-OH is 1. The number of aliphatic hydroxyl groups is 1. The Balaban J connectivity index is 1.45. The highest BCUT2D eigenvalue weighted by molar-refractivity contribution is 5.64. The van der Waals surface area contributed by atoms with Gasteiger partial charge in [-0.1, -0.05) is 19.1 Å². The van der Waals surface area contributed by atoms with E-state index < -0.39 is 6.10 Å². The fourth-order valence-corrected chi connectivity index (χ4v) is 7.03. The van der Waals surface area contributed by atoms with Crippen LogP contribution in [0, 0.1) is 17.3 Å². The second kappa shape index (κ2) is 7.33. The average Bonchev–Trinajstić information content (AvgIpc) is 3.05. The topological polar surface area (TPSA) is 73.2 Å². The molecule has 0 saturated heterocycles. The van der Waals surface area contributed by atoms with Crippen LogP contribution in [0.3, 0.4) is 0 Å². The number of aryl methyl sites for hydroxylation is 1. The third-order valence-electron chi connectivity index (χ3n) is 8.78. The van der Waals surface area contributed by atoms with Crippen LogP contribution in [0.1, 0.15) is 49.7 Å². The van der Waals surface area contributed by atoms with E-state index in [1.807, 2.05) is 11.9 Å². The van der Waals surface area contributed by atoms with Gasteiger partial charge in [-0.2, -0.15) is 0 Å². The summed E-state index contributed by atoms with van der Waals surface area (Å²) in [5.74, 6) is 2.23. The van der Waals surface area contributed by atoms with Gasteiger partial charge in [-0.3, -0.25) is 0 Å². The fourth-order valence-electron chi connectivity index (χ4n) is 7.03. The van der Waals surface area contributed by atoms with E-state index in [0.29, 0.717) is 23.4 Å². The molecule has 0 aromatic heterocycles. The average molecular weight is 424 g/mol. The van der Waals surface area contributed by atoms with Gasteiger partial charge in [0.05, 0.1) is 24.9 Å². The van der Waals surface area contributed by atoms with E-state index in [9.17, 15) is 15.3 Å². The maximum Gasteiger partial charge on any atom is 0.181 e. The number of phenols is 2. The number of nitrogens with zero attached hydrogens (tertiary/aromatic N) is 1. The van der Waals surface area contributed by atoms with Crippen molar-refractivity contribution >= 4 is 5.69 Å². The third-order valence-corrected chi connectivity index (χ3v) is 8.78. The Bertz CT molecular complexity index is 991. The largest absolute Gasteiger partial charge is 0.504 e.